The number of hydrogen-bond acceptors (Lipinski definition) is 4. The number of aryl methyl sites for hydroxylation is 1. The third-order valence-corrected chi connectivity index (χ3v) is 5.86. The summed E-state index contributed by atoms with van der Waals surface area (Å²) in [5.74, 6) is 0.531. The lowest BCUT2D eigenvalue weighted by atomic mass is 10.1. The van der Waals surface area contributed by atoms with E-state index in [1.807, 2.05) is 4.68 Å². The van der Waals surface area contributed by atoms with E-state index in [2.05, 4.69) is 33.0 Å². The Labute approximate surface area is 128 Å². The van der Waals surface area contributed by atoms with Crippen molar-refractivity contribution in [3.05, 3.63) is 17.0 Å². The number of nitrogens with one attached hydrogen (secondary N) is 1. The number of aromatic nitrogens is 2. The molecule has 1 aromatic heterocycles. The van der Waals surface area contributed by atoms with E-state index in [0.717, 1.165) is 25.1 Å². The van der Waals surface area contributed by atoms with Crippen molar-refractivity contribution in [1.29, 1.82) is 0 Å². The molecule has 1 aliphatic rings. The molecule has 0 radical (unpaired) electrons. The van der Waals surface area contributed by atoms with Crippen LogP contribution in [0.1, 0.15) is 57.1 Å². The lowest BCUT2D eigenvalue weighted by Gasteiger charge is -2.14. The molecule has 2 rings (SSSR count). The summed E-state index contributed by atoms with van der Waals surface area (Å²) in [6.45, 7) is 9.30. The van der Waals surface area contributed by atoms with Crippen LogP contribution in [0.4, 0.5) is 0 Å². The van der Waals surface area contributed by atoms with Crippen molar-refractivity contribution in [3.63, 3.8) is 0 Å². The van der Waals surface area contributed by atoms with Crippen molar-refractivity contribution in [1.82, 2.24) is 15.1 Å². The fraction of sp³-hybridized carbons (Fsp3) is 0.800. The number of nitrogens with zero attached hydrogens (tertiary/aromatic N) is 2. The highest BCUT2D eigenvalue weighted by molar-refractivity contribution is 7.91. The molecule has 2 heterocycles. The van der Waals surface area contributed by atoms with E-state index in [1.165, 1.54) is 11.3 Å². The van der Waals surface area contributed by atoms with Crippen LogP contribution in [0, 0.1) is 0 Å². The van der Waals surface area contributed by atoms with Gasteiger partial charge in [-0.15, -0.1) is 0 Å². The van der Waals surface area contributed by atoms with Gasteiger partial charge in [0.1, 0.15) is 0 Å². The molecule has 1 atom stereocenters. The number of rotatable bonds is 6. The second-order valence-corrected chi connectivity index (χ2v) is 8.34. The Kier molecular flexibility index (Phi) is 5.09. The van der Waals surface area contributed by atoms with Crippen molar-refractivity contribution < 1.29 is 8.42 Å². The summed E-state index contributed by atoms with van der Waals surface area (Å²) >= 11 is 0. The summed E-state index contributed by atoms with van der Waals surface area (Å²) in [6, 6.07) is 0.442. The highest BCUT2D eigenvalue weighted by Crippen LogP contribution is 2.28. The van der Waals surface area contributed by atoms with Gasteiger partial charge < -0.3 is 5.32 Å². The third-order valence-electron chi connectivity index (χ3n) is 4.11. The van der Waals surface area contributed by atoms with Crippen molar-refractivity contribution in [2.24, 2.45) is 0 Å². The van der Waals surface area contributed by atoms with Crippen LogP contribution >= 0.6 is 0 Å². The molecule has 5 nitrogen and oxygen atoms in total. The fourth-order valence-corrected chi connectivity index (χ4v) is 4.69. The Morgan fingerprint density at radius 2 is 2.05 bits per heavy atom. The van der Waals surface area contributed by atoms with Gasteiger partial charge in [-0.1, -0.05) is 27.7 Å². The molecule has 1 aliphatic heterocycles. The van der Waals surface area contributed by atoms with Gasteiger partial charge in [0.15, 0.2) is 9.84 Å². The molecule has 1 unspecified atom stereocenters. The Morgan fingerprint density at radius 1 is 1.33 bits per heavy atom. The molecule has 1 saturated heterocycles. The highest BCUT2D eigenvalue weighted by atomic mass is 32.2. The summed E-state index contributed by atoms with van der Waals surface area (Å²) in [6.07, 6.45) is 2.46. The first-order valence-electron chi connectivity index (χ1n) is 7.90. The minimum absolute atomic E-state index is 0.0167. The quantitative estimate of drug-likeness (QED) is 0.871. The van der Waals surface area contributed by atoms with E-state index in [0.29, 0.717) is 18.2 Å². The molecule has 0 aliphatic carbocycles. The number of hydrogen-bond donors (Lipinski definition) is 1. The topological polar surface area (TPSA) is 64.0 Å². The van der Waals surface area contributed by atoms with Crippen LogP contribution in [0.3, 0.4) is 0 Å². The normalized spacial score (nSPS) is 21.3. The Balaban J connectivity index is 2.33. The molecule has 1 aromatic rings. The van der Waals surface area contributed by atoms with Crippen LogP contribution in [0.25, 0.3) is 0 Å². The Bertz CT molecular complexity index is 590. The second kappa shape index (κ2) is 6.48. The summed E-state index contributed by atoms with van der Waals surface area (Å²) in [5, 5.41) is 8.20. The zero-order valence-corrected chi connectivity index (χ0v) is 14.3. The monoisotopic (exact) mass is 313 g/mol. The smallest absolute Gasteiger partial charge is 0.152 e. The zero-order valence-electron chi connectivity index (χ0n) is 13.5. The van der Waals surface area contributed by atoms with E-state index >= 15 is 0 Å². The predicted molar refractivity (Wildman–Crippen MR) is 85.3 cm³/mol. The van der Waals surface area contributed by atoms with Crippen LogP contribution in [-0.2, 0) is 29.2 Å². The summed E-state index contributed by atoms with van der Waals surface area (Å²) in [7, 11) is -2.88. The van der Waals surface area contributed by atoms with Crippen LogP contribution < -0.4 is 5.32 Å². The SMILES string of the molecule is CCc1nn(C2CCS(=O)(=O)C2)c(CC)c1CNC(C)C. The lowest BCUT2D eigenvalue weighted by molar-refractivity contribution is 0.477. The second-order valence-electron chi connectivity index (χ2n) is 6.12. The van der Waals surface area contributed by atoms with Crippen molar-refractivity contribution in [2.45, 2.75) is 65.6 Å². The molecular formula is C15H27N3O2S. The zero-order chi connectivity index (χ0) is 15.6. The molecule has 120 valence electrons. The molecule has 21 heavy (non-hydrogen) atoms. The van der Waals surface area contributed by atoms with Gasteiger partial charge in [-0.2, -0.15) is 5.10 Å². The van der Waals surface area contributed by atoms with E-state index < -0.39 is 9.84 Å². The van der Waals surface area contributed by atoms with Crippen molar-refractivity contribution in [3.8, 4) is 0 Å². The van der Waals surface area contributed by atoms with E-state index in [4.69, 9.17) is 5.10 Å². The maximum absolute atomic E-state index is 11.7. The minimum atomic E-state index is -2.88. The first-order chi connectivity index (χ1) is 9.88. The van der Waals surface area contributed by atoms with E-state index in [9.17, 15) is 8.42 Å². The summed E-state index contributed by atoms with van der Waals surface area (Å²) in [4.78, 5) is 0. The average Bonchev–Trinajstić information content (AvgIpc) is 2.95. The minimum Gasteiger partial charge on any atom is -0.310 e. The third kappa shape index (κ3) is 3.66. The molecule has 0 bridgehead atoms. The maximum atomic E-state index is 11.7. The molecule has 0 spiro atoms. The first-order valence-corrected chi connectivity index (χ1v) is 9.73. The van der Waals surface area contributed by atoms with Crippen molar-refractivity contribution in [2.75, 3.05) is 11.5 Å². The van der Waals surface area contributed by atoms with Gasteiger partial charge in [0, 0.05) is 23.8 Å². The van der Waals surface area contributed by atoms with Gasteiger partial charge >= 0.3 is 0 Å². The fourth-order valence-electron chi connectivity index (χ4n) is 3.00. The standard InChI is InChI=1S/C15H27N3O2S/c1-5-14-13(9-16-11(3)4)15(6-2)18(17-14)12-7-8-21(19,20)10-12/h11-12,16H,5-10H2,1-4H3. The highest BCUT2D eigenvalue weighted by Gasteiger charge is 2.32. The van der Waals surface area contributed by atoms with Gasteiger partial charge in [-0.25, -0.2) is 8.42 Å². The molecular weight excluding hydrogens is 286 g/mol. The largest absolute Gasteiger partial charge is 0.310 e. The van der Waals surface area contributed by atoms with Crippen LogP contribution in [0.15, 0.2) is 0 Å². The molecule has 0 amide bonds. The van der Waals surface area contributed by atoms with Crippen LogP contribution in [0.2, 0.25) is 0 Å². The molecule has 1 fully saturated rings. The summed E-state index contributed by atoms with van der Waals surface area (Å²) in [5.41, 5.74) is 3.56. The van der Waals surface area contributed by atoms with Gasteiger partial charge in [-0.05, 0) is 19.3 Å². The van der Waals surface area contributed by atoms with Crippen LogP contribution in [0.5, 0.6) is 0 Å². The van der Waals surface area contributed by atoms with Crippen LogP contribution in [-0.4, -0.2) is 35.7 Å². The van der Waals surface area contributed by atoms with E-state index in [-0.39, 0.29) is 11.8 Å². The van der Waals surface area contributed by atoms with E-state index in [1.54, 1.807) is 0 Å². The maximum Gasteiger partial charge on any atom is 0.152 e. The van der Waals surface area contributed by atoms with Crippen molar-refractivity contribution >= 4 is 9.84 Å². The lowest BCUT2D eigenvalue weighted by Crippen LogP contribution is -2.23. The average molecular weight is 313 g/mol. The molecule has 1 N–H and O–H groups in total. The van der Waals surface area contributed by atoms with Gasteiger partial charge in [0.25, 0.3) is 0 Å². The molecule has 6 heteroatoms. The van der Waals surface area contributed by atoms with Gasteiger partial charge in [-0.3, -0.25) is 4.68 Å². The van der Waals surface area contributed by atoms with Gasteiger partial charge in [0.2, 0.25) is 0 Å². The molecule has 0 aromatic carbocycles. The Hall–Kier alpha value is -0.880. The van der Waals surface area contributed by atoms with Gasteiger partial charge in [0.05, 0.1) is 23.2 Å². The summed E-state index contributed by atoms with van der Waals surface area (Å²) < 4.78 is 25.5. The number of sulfone groups is 1. The Morgan fingerprint density at radius 3 is 2.52 bits per heavy atom. The first kappa shape index (κ1) is 16.5. The predicted octanol–water partition coefficient (Wildman–Crippen LogP) is 1.87. The molecule has 0 saturated carbocycles.